The molecule has 0 aliphatic rings. The van der Waals surface area contributed by atoms with Gasteiger partial charge >= 0.3 is 0 Å². The molecular formula is C8H13N3O2. The highest BCUT2D eigenvalue weighted by Gasteiger charge is 2.14. The summed E-state index contributed by atoms with van der Waals surface area (Å²) in [6.07, 6.45) is -1.10. The van der Waals surface area contributed by atoms with Crippen molar-refractivity contribution in [1.82, 2.24) is 9.97 Å². The summed E-state index contributed by atoms with van der Waals surface area (Å²) in [4.78, 5) is 8.10. The monoisotopic (exact) mass is 183 g/mol. The van der Waals surface area contributed by atoms with Crippen molar-refractivity contribution in [3.8, 4) is 0 Å². The summed E-state index contributed by atoms with van der Waals surface area (Å²) in [6, 6.07) is 0. The fourth-order valence-corrected chi connectivity index (χ4v) is 0.931. The number of aliphatic hydroxyl groups excluding tert-OH is 1. The van der Waals surface area contributed by atoms with Crippen molar-refractivity contribution in [3.05, 3.63) is 17.1 Å². The normalized spacial score (nSPS) is 12.9. The number of methoxy groups -OCH3 is 1. The van der Waals surface area contributed by atoms with Gasteiger partial charge in [0.1, 0.15) is 5.69 Å². The second kappa shape index (κ2) is 3.68. The molecule has 0 aliphatic carbocycles. The molecule has 0 saturated heterocycles. The second-order valence-corrected chi connectivity index (χ2v) is 2.75. The average Bonchev–Trinajstić information content (AvgIpc) is 2.10. The SMILES string of the molecule is COC(O)c1nc(C)c(C)nc1N. The minimum Gasteiger partial charge on any atom is -0.382 e. The van der Waals surface area contributed by atoms with Gasteiger partial charge in [0.25, 0.3) is 0 Å². The number of hydrogen-bond donors (Lipinski definition) is 2. The van der Waals surface area contributed by atoms with Gasteiger partial charge in [-0.25, -0.2) is 9.97 Å². The predicted octanol–water partition coefficient (Wildman–Crippen LogP) is 0.313. The molecule has 0 bridgehead atoms. The van der Waals surface area contributed by atoms with Gasteiger partial charge in [-0.3, -0.25) is 0 Å². The maximum atomic E-state index is 9.32. The Bertz CT molecular complexity index is 315. The van der Waals surface area contributed by atoms with Gasteiger partial charge < -0.3 is 15.6 Å². The van der Waals surface area contributed by atoms with Crippen LogP contribution in [0.1, 0.15) is 23.4 Å². The van der Waals surface area contributed by atoms with Crippen molar-refractivity contribution in [1.29, 1.82) is 0 Å². The molecule has 1 unspecified atom stereocenters. The molecule has 5 nitrogen and oxygen atoms in total. The van der Waals surface area contributed by atoms with Crippen molar-refractivity contribution in [3.63, 3.8) is 0 Å². The lowest BCUT2D eigenvalue weighted by molar-refractivity contribution is -0.0795. The van der Waals surface area contributed by atoms with Crippen LogP contribution in [0.4, 0.5) is 5.82 Å². The first-order chi connectivity index (χ1) is 6.06. The van der Waals surface area contributed by atoms with Crippen LogP contribution in [0, 0.1) is 13.8 Å². The van der Waals surface area contributed by atoms with E-state index in [1.807, 2.05) is 6.92 Å². The highest BCUT2D eigenvalue weighted by Crippen LogP contribution is 2.17. The molecule has 13 heavy (non-hydrogen) atoms. The van der Waals surface area contributed by atoms with E-state index in [-0.39, 0.29) is 11.5 Å². The zero-order chi connectivity index (χ0) is 10.0. The van der Waals surface area contributed by atoms with Crippen molar-refractivity contribution in [2.24, 2.45) is 0 Å². The number of hydrogen-bond acceptors (Lipinski definition) is 5. The number of aryl methyl sites for hydroxylation is 2. The number of aromatic nitrogens is 2. The summed E-state index contributed by atoms with van der Waals surface area (Å²) in [5.41, 5.74) is 7.31. The highest BCUT2D eigenvalue weighted by molar-refractivity contribution is 5.37. The lowest BCUT2D eigenvalue weighted by atomic mass is 10.3. The van der Waals surface area contributed by atoms with E-state index < -0.39 is 6.29 Å². The standard InChI is InChI=1S/C8H13N3O2/c1-4-5(2)11-7(9)6(10-4)8(12)13-3/h8,12H,1-3H3,(H2,9,11). The topological polar surface area (TPSA) is 81.3 Å². The van der Waals surface area contributed by atoms with Gasteiger partial charge in [0.05, 0.1) is 11.4 Å². The Balaban J connectivity index is 3.15. The zero-order valence-electron chi connectivity index (χ0n) is 7.90. The lowest BCUT2D eigenvalue weighted by Crippen LogP contribution is -2.10. The van der Waals surface area contributed by atoms with Crippen LogP contribution in [0.2, 0.25) is 0 Å². The number of rotatable bonds is 2. The Morgan fingerprint density at radius 2 is 1.85 bits per heavy atom. The van der Waals surface area contributed by atoms with Crippen LogP contribution in [0.3, 0.4) is 0 Å². The fourth-order valence-electron chi connectivity index (χ4n) is 0.931. The van der Waals surface area contributed by atoms with Gasteiger partial charge in [-0.1, -0.05) is 0 Å². The predicted molar refractivity (Wildman–Crippen MR) is 47.9 cm³/mol. The summed E-state index contributed by atoms with van der Waals surface area (Å²) < 4.78 is 4.68. The molecule has 0 fully saturated rings. The molecule has 1 rings (SSSR count). The first kappa shape index (κ1) is 9.88. The first-order valence-corrected chi connectivity index (χ1v) is 3.87. The van der Waals surface area contributed by atoms with Crippen molar-refractivity contribution in [2.75, 3.05) is 12.8 Å². The summed E-state index contributed by atoms with van der Waals surface area (Å²) in [7, 11) is 1.38. The molecule has 3 N–H and O–H groups in total. The Kier molecular flexibility index (Phi) is 2.79. The van der Waals surface area contributed by atoms with Crippen LogP contribution < -0.4 is 5.73 Å². The zero-order valence-corrected chi connectivity index (χ0v) is 7.90. The van der Waals surface area contributed by atoms with Crippen LogP contribution in [0.15, 0.2) is 0 Å². The Hall–Kier alpha value is -1.20. The summed E-state index contributed by atoms with van der Waals surface area (Å²) >= 11 is 0. The molecule has 72 valence electrons. The number of ether oxygens (including phenoxy) is 1. The highest BCUT2D eigenvalue weighted by atomic mass is 16.6. The van der Waals surface area contributed by atoms with Crippen LogP contribution in [-0.4, -0.2) is 22.2 Å². The molecule has 0 aliphatic heterocycles. The molecule has 0 aromatic carbocycles. The maximum absolute atomic E-state index is 9.32. The van der Waals surface area contributed by atoms with Gasteiger partial charge in [-0.15, -0.1) is 0 Å². The summed E-state index contributed by atoms with van der Waals surface area (Å²) in [5, 5.41) is 9.32. The van der Waals surface area contributed by atoms with Gasteiger partial charge in [0.15, 0.2) is 5.82 Å². The third kappa shape index (κ3) is 1.93. The molecule has 0 spiro atoms. The van der Waals surface area contributed by atoms with E-state index in [9.17, 15) is 5.11 Å². The van der Waals surface area contributed by atoms with Gasteiger partial charge in [-0.2, -0.15) is 0 Å². The van der Waals surface area contributed by atoms with Gasteiger partial charge in [-0.05, 0) is 13.8 Å². The van der Waals surface area contributed by atoms with E-state index in [1.54, 1.807) is 6.92 Å². The largest absolute Gasteiger partial charge is 0.382 e. The number of nitrogens with zero attached hydrogens (tertiary/aromatic N) is 2. The third-order valence-electron chi connectivity index (χ3n) is 1.82. The molecule has 0 amide bonds. The fraction of sp³-hybridized carbons (Fsp3) is 0.500. The van der Waals surface area contributed by atoms with Crippen LogP contribution in [0.5, 0.6) is 0 Å². The smallest absolute Gasteiger partial charge is 0.202 e. The van der Waals surface area contributed by atoms with E-state index in [0.717, 1.165) is 11.4 Å². The number of aliphatic hydroxyl groups is 1. The Morgan fingerprint density at radius 3 is 2.38 bits per heavy atom. The van der Waals surface area contributed by atoms with Crippen molar-refractivity contribution in [2.45, 2.75) is 20.1 Å². The molecule has 5 heteroatoms. The van der Waals surface area contributed by atoms with Crippen LogP contribution >= 0.6 is 0 Å². The third-order valence-corrected chi connectivity index (χ3v) is 1.82. The van der Waals surface area contributed by atoms with Gasteiger partial charge in [0, 0.05) is 7.11 Å². The molecule has 1 atom stereocenters. The number of nitrogens with two attached hydrogens (primary N) is 1. The first-order valence-electron chi connectivity index (χ1n) is 3.87. The maximum Gasteiger partial charge on any atom is 0.202 e. The van der Waals surface area contributed by atoms with E-state index >= 15 is 0 Å². The summed E-state index contributed by atoms with van der Waals surface area (Å²) in [5.74, 6) is 0.206. The number of anilines is 1. The quantitative estimate of drug-likeness (QED) is 0.645. The summed E-state index contributed by atoms with van der Waals surface area (Å²) in [6.45, 7) is 3.61. The average molecular weight is 183 g/mol. The van der Waals surface area contributed by atoms with Crippen molar-refractivity contribution < 1.29 is 9.84 Å². The second-order valence-electron chi connectivity index (χ2n) is 2.75. The van der Waals surface area contributed by atoms with E-state index in [2.05, 4.69) is 14.7 Å². The number of nitrogen functional groups attached to an aromatic ring is 1. The molecular weight excluding hydrogens is 170 g/mol. The minimum absolute atomic E-state index is 0.206. The van der Waals surface area contributed by atoms with Crippen LogP contribution in [0.25, 0.3) is 0 Å². The lowest BCUT2D eigenvalue weighted by Gasteiger charge is -2.11. The Morgan fingerprint density at radius 1 is 1.31 bits per heavy atom. The van der Waals surface area contributed by atoms with E-state index in [0.29, 0.717) is 0 Å². The molecule has 1 aromatic rings. The Labute approximate surface area is 76.6 Å². The van der Waals surface area contributed by atoms with Crippen molar-refractivity contribution >= 4 is 5.82 Å². The molecule has 0 saturated carbocycles. The van der Waals surface area contributed by atoms with Crippen LogP contribution in [-0.2, 0) is 4.74 Å². The molecule has 1 heterocycles. The minimum atomic E-state index is -1.10. The molecule has 0 radical (unpaired) electrons. The van der Waals surface area contributed by atoms with Gasteiger partial charge in [0.2, 0.25) is 6.29 Å². The van der Waals surface area contributed by atoms with E-state index in [4.69, 9.17) is 5.73 Å². The molecule has 1 aromatic heterocycles. The van der Waals surface area contributed by atoms with E-state index in [1.165, 1.54) is 7.11 Å².